The molecule has 2 fully saturated rings. The summed E-state index contributed by atoms with van der Waals surface area (Å²) in [6.45, 7) is 7.59. The van der Waals surface area contributed by atoms with Crippen LogP contribution in [0.25, 0.3) is 0 Å². The first-order valence-corrected chi connectivity index (χ1v) is 8.43. The van der Waals surface area contributed by atoms with E-state index in [4.69, 9.17) is 4.74 Å². The first kappa shape index (κ1) is 17.1. The number of fused-ring (bicyclic) bond motifs is 1. The highest BCUT2D eigenvalue weighted by atomic mass is 32.2. The molecule has 0 aliphatic carbocycles. The van der Waals surface area contributed by atoms with Gasteiger partial charge < -0.3 is 15.0 Å². The molecule has 0 spiro atoms. The summed E-state index contributed by atoms with van der Waals surface area (Å²) < 4.78 is 4.79. The Morgan fingerprint density at radius 2 is 2.09 bits per heavy atom. The fraction of sp³-hybridized carbons (Fsp3) is 0.800. The van der Waals surface area contributed by atoms with Crippen molar-refractivity contribution in [2.75, 3.05) is 12.9 Å². The van der Waals surface area contributed by atoms with Crippen LogP contribution in [-0.4, -0.2) is 52.5 Å². The standard InChI is InChI=1S/C15H24N2O4S/c1-14(2,3)11(13(20)21-5)16-12(19)9-8-22-15(4)7-6-10(18)17(9)15/h9,11H,6-8H2,1-5H3,(H,16,19)/t9-,11+,15-/m1/s1. The summed E-state index contributed by atoms with van der Waals surface area (Å²) in [6.07, 6.45) is 1.24. The number of rotatable bonds is 3. The van der Waals surface area contributed by atoms with E-state index in [1.807, 2.05) is 27.7 Å². The zero-order chi connectivity index (χ0) is 16.7. The molecule has 1 N–H and O–H groups in total. The highest BCUT2D eigenvalue weighted by Gasteiger charge is 2.53. The number of esters is 1. The van der Waals surface area contributed by atoms with Gasteiger partial charge in [-0.05, 0) is 18.8 Å². The zero-order valence-electron chi connectivity index (χ0n) is 13.8. The maximum atomic E-state index is 12.6. The van der Waals surface area contributed by atoms with Crippen LogP contribution in [0.2, 0.25) is 0 Å². The van der Waals surface area contributed by atoms with Crippen molar-refractivity contribution in [2.45, 2.75) is 57.5 Å². The first-order valence-electron chi connectivity index (χ1n) is 7.44. The summed E-state index contributed by atoms with van der Waals surface area (Å²) in [5.74, 6) is -0.177. The van der Waals surface area contributed by atoms with Crippen molar-refractivity contribution in [1.82, 2.24) is 10.2 Å². The topological polar surface area (TPSA) is 75.7 Å². The van der Waals surface area contributed by atoms with Gasteiger partial charge in [-0.15, -0.1) is 11.8 Å². The maximum absolute atomic E-state index is 12.6. The Bertz CT molecular complexity index is 502. The summed E-state index contributed by atoms with van der Waals surface area (Å²) in [7, 11) is 1.31. The Kier molecular flexibility index (Phi) is 4.48. The molecule has 0 radical (unpaired) electrons. The predicted molar refractivity (Wildman–Crippen MR) is 84.1 cm³/mol. The molecule has 2 heterocycles. The molecule has 6 nitrogen and oxygen atoms in total. The summed E-state index contributed by atoms with van der Waals surface area (Å²) in [4.78, 5) is 38.1. The Labute approximate surface area is 135 Å². The third kappa shape index (κ3) is 2.95. The van der Waals surface area contributed by atoms with Crippen molar-refractivity contribution in [2.24, 2.45) is 5.41 Å². The molecule has 2 rings (SSSR count). The highest BCUT2D eigenvalue weighted by molar-refractivity contribution is 8.01. The average Bonchev–Trinajstić information content (AvgIpc) is 2.91. The van der Waals surface area contributed by atoms with Crippen LogP contribution in [0, 0.1) is 5.41 Å². The largest absolute Gasteiger partial charge is 0.467 e. The Balaban J connectivity index is 2.15. The van der Waals surface area contributed by atoms with E-state index in [0.717, 1.165) is 6.42 Å². The second-order valence-electron chi connectivity index (χ2n) is 7.10. The minimum atomic E-state index is -0.737. The van der Waals surface area contributed by atoms with Crippen LogP contribution in [0.4, 0.5) is 0 Å². The first-order chi connectivity index (χ1) is 10.1. The second kappa shape index (κ2) is 5.76. The Morgan fingerprint density at radius 3 is 2.64 bits per heavy atom. The normalized spacial score (nSPS) is 29.2. The van der Waals surface area contributed by atoms with Crippen molar-refractivity contribution < 1.29 is 19.1 Å². The van der Waals surface area contributed by atoms with Crippen LogP contribution < -0.4 is 5.32 Å². The fourth-order valence-corrected chi connectivity index (χ4v) is 4.43. The van der Waals surface area contributed by atoms with E-state index in [1.54, 1.807) is 16.7 Å². The number of amides is 2. The predicted octanol–water partition coefficient (Wildman–Crippen LogP) is 1.14. The SMILES string of the molecule is COC(=O)[C@H](NC(=O)[C@H]1CS[C@]2(C)CCC(=O)N12)C(C)(C)C. The van der Waals surface area contributed by atoms with E-state index in [9.17, 15) is 14.4 Å². The van der Waals surface area contributed by atoms with E-state index in [-0.39, 0.29) is 16.7 Å². The van der Waals surface area contributed by atoms with Gasteiger partial charge in [0.15, 0.2) is 0 Å². The van der Waals surface area contributed by atoms with Gasteiger partial charge >= 0.3 is 5.97 Å². The van der Waals surface area contributed by atoms with Gasteiger partial charge in [-0.2, -0.15) is 0 Å². The minimum absolute atomic E-state index is 0.0121. The van der Waals surface area contributed by atoms with Crippen LogP contribution in [0.3, 0.4) is 0 Å². The molecule has 2 aliphatic rings. The molecule has 0 saturated carbocycles. The van der Waals surface area contributed by atoms with E-state index in [2.05, 4.69) is 5.32 Å². The third-order valence-electron chi connectivity index (χ3n) is 4.34. The quantitative estimate of drug-likeness (QED) is 0.787. The van der Waals surface area contributed by atoms with E-state index < -0.39 is 23.5 Å². The maximum Gasteiger partial charge on any atom is 0.328 e. The van der Waals surface area contributed by atoms with Gasteiger partial charge in [-0.25, -0.2) is 4.79 Å². The molecule has 3 atom stereocenters. The number of hydrogen-bond acceptors (Lipinski definition) is 5. The lowest BCUT2D eigenvalue weighted by Gasteiger charge is -2.33. The average molecular weight is 328 g/mol. The van der Waals surface area contributed by atoms with Crippen LogP contribution in [0.5, 0.6) is 0 Å². The van der Waals surface area contributed by atoms with Crippen molar-refractivity contribution in [3.63, 3.8) is 0 Å². The molecule has 0 aromatic carbocycles. The molecule has 0 unspecified atom stereocenters. The van der Waals surface area contributed by atoms with Gasteiger partial charge in [0.2, 0.25) is 11.8 Å². The molecule has 124 valence electrons. The van der Waals surface area contributed by atoms with Crippen molar-refractivity contribution in [3.8, 4) is 0 Å². The number of carbonyl (C=O) groups excluding carboxylic acids is 3. The summed E-state index contributed by atoms with van der Waals surface area (Å²) in [5.41, 5.74) is -0.465. The molecular weight excluding hydrogens is 304 g/mol. The minimum Gasteiger partial charge on any atom is -0.467 e. The van der Waals surface area contributed by atoms with Crippen molar-refractivity contribution in [1.29, 1.82) is 0 Å². The summed E-state index contributed by atoms with van der Waals surface area (Å²) in [6, 6.07) is -1.25. The molecule has 2 aliphatic heterocycles. The van der Waals surface area contributed by atoms with Gasteiger partial charge in [0.05, 0.1) is 12.0 Å². The molecule has 2 amide bonds. The number of ether oxygens (including phenoxy) is 1. The number of carbonyl (C=O) groups is 3. The molecule has 0 bridgehead atoms. The number of nitrogens with one attached hydrogen (secondary N) is 1. The van der Waals surface area contributed by atoms with Crippen molar-refractivity contribution in [3.05, 3.63) is 0 Å². The molecule has 0 aromatic rings. The number of thioether (sulfide) groups is 1. The number of hydrogen-bond donors (Lipinski definition) is 1. The smallest absolute Gasteiger partial charge is 0.328 e. The van der Waals surface area contributed by atoms with Gasteiger partial charge in [0.25, 0.3) is 0 Å². The number of methoxy groups -OCH3 is 1. The van der Waals surface area contributed by atoms with Crippen LogP contribution >= 0.6 is 11.8 Å². The zero-order valence-corrected chi connectivity index (χ0v) is 14.6. The molecule has 22 heavy (non-hydrogen) atoms. The monoisotopic (exact) mass is 328 g/mol. The summed E-state index contributed by atoms with van der Waals surface area (Å²) in [5, 5.41) is 2.78. The van der Waals surface area contributed by atoms with Crippen LogP contribution in [0.15, 0.2) is 0 Å². The van der Waals surface area contributed by atoms with E-state index in [1.165, 1.54) is 7.11 Å². The Hall–Kier alpha value is -1.24. The van der Waals surface area contributed by atoms with E-state index >= 15 is 0 Å². The third-order valence-corrected chi connectivity index (χ3v) is 5.84. The molecule has 2 saturated heterocycles. The summed E-state index contributed by atoms with van der Waals surface area (Å²) >= 11 is 1.63. The van der Waals surface area contributed by atoms with Crippen LogP contribution in [0.1, 0.15) is 40.5 Å². The fourth-order valence-electron chi connectivity index (χ4n) is 3.00. The lowest BCUT2D eigenvalue weighted by atomic mass is 9.86. The second-order valence-corrected chi connectivity index (χ2v) is 8.60. The lowest BCUT2D eigenvalue weighted by Crippen LogP contribution is -2.56. The molecule has 0 aromatic heterocycles. The number of nitrogens with zero attached hydrogens (tertiary/aromatic N) is 1. The van der Waals surface area contributed by atoms with E-state index in [0.29, 0.717) is 12.2 Å². The van der Waals surface area contributed by atoms with Gasteiger partial charge in [-0.3, -0.25) is 9.59 Å². The Morgan fingerprint density at radius 1 is 1.45 bits per heavy atom. The van der Waals surface area contributed by atoms with Gasteiger partial charge in [-0.1, -0.05) is 20.8 Å². The van der Waals surface area contributed by atoms with Gasteiger partial charge in [0, 0.05) is 12.2 Å². The lowest BCUT2D eigenvalue weighted by molar-refractivity contribution is -0.149. The van der Waals surface area contributed by atoms with Gasteiger partial charge in [0.1, 0.15) is 12.1 Å². The van der Waals surface area contributed by atoms with Crippen LogP contribution in [-0.2, 0) is 19.1 Å². The highest BCUT2D eigenvalue weighted by Crippen LogP contribution is 2.47. The molecule has 7 heteroatoms. The molecular formula is C15H24N2O4S. The van der Waals surface area contributed by atoms with Crippen molar-refractivity contribution >= 4 is 29.5 Å².